The van der Waals surface area contributed by atoms with Gasteiger partial charge in [-0.05, 0) is 173 Å². The van der Waals surface area contributed by atoms with Crippen molar-refractivity contribution in [2.24, 2.45) is 0 Å². The summed E-state index contributed by atoms with van der Waals surface area (Å²) in [6.45, 7) is 4.00. The van der Waals surface area contributed by atoms with Crippen LogP contribution in [0, 0.1) is 0 Å². The van der Waals surface area contributed by atoms with Gasteiger partial charge in [-0.15, -0.1) is 0 Å². The van der Waals surface area contributed by atoms with Gasteiger partial charge < -0.3 is 21.7 Å². The van der Waals surface area contributed by atoms with Crippen LogP contribution in [-0.4, -0.2) is 82.9 Å². The van der Waals surface area contributed by atoms with E-state index in [2.05, 4.69) is 167 Å². The van der Waals surface area contributed by atoms with Gasteiger partial charge in [0.25, 0.3) is 0 Å². The molecular formula is C36H35BBr9N8NaO6P. The molecule has 3 radical (unpaired) electrons. The van der Waals surface area contributed by atoms with Crippen LogP contribution in [0.2, 0.25) is 0 Å². The van der Waals surface area contributed by atoms with E-state index in [1.54, 1.807) is 36.7 Å². The van der Waals surface area contributed by atoms with Crippen molar-refractivity contribution >= 4 is 195 Å². The van der Waals surface area contributed by atoms with Gasteiger partial charge in [-0.1, -0.05) is 56.1 Å². The van der Waals surface area contributed by atoms with Crippen molar-refractivity contribution in [3.63, 3.8) is 0 Å². The SMILES string of the molecule is BrCc1cn2c(Br)cccc2n1.BrP(Br)Br.CCOC(=O)C(=O)CBr.CCOC(=O)c1cn2c(Br)cccc2n1.Nc1cccc(Br)n1.OCc1cn2c(Br)cccc2n1.[B].[H-].[Na+]. The summed E-state index contributed by atoms with van der Waals surface area (Å²) in [5.41, 5.74) is 9.89. The minimum absolute atomic E-state index is 0. The molecule has 26 heteroatoms. The number of nitrogens with zero attached hydrogens (tertiary/aromatic N) is 7. The van der Waals surface area contributed by atoms with Gasteiger partial charge in [0.15, 0.2) is 5.69 Å². The average molecular weight is 1460 g/mol. The topological polar surface area (TPSA) is 181 Å². The Balaban J connectivity index is 0. The molecule has 7 heterocycles. The molecule has 0 fully saturated rings. The van der Waals surface area contributed by atoms with Gasteiger partial charge in [0, 0.05) is 32.3 Å². The first kappa shape index (κ1) is 61.4. The zero-order valence-electron chi connectivity index (χ0n) is 33.8. The Morgan fingerprint density at radius 1 is 0.694 bits per heavy atom. The molecule has 0 aliphatic rings. The summed E-state index contributed by atoms with van der Waals surface area (Å²) in [6.07, 6.45) is 5.46. The van der Waals surface area contributed by atoms with Crippen molar-refractivity contribution < 1.29 is 59.9 Å². The molecule has 0 saturated heterocycles. The summed E-state index contributed by atoms with van der Waals surface area (Å²) in [4.78, 5) is 48.7. The first-order valence-corrected chi connectivity index (χ1v) is 29.5. The molecule has 7 aromatic rings. The minimum atomic E-state index is -0.769. The van der Waals surface area contributed by atoms with Crippen molar-refractivity contribution in [1.29, 1.82) is 0 Å². The molecular weight excluding hydrogens is 1420 g/mol. The van der Waals surface area contributed by atoms with Crippen molar-refractivity contribution in [1.82, 2.24) is 33.1 Å². The van der Waals surface area contributed by atoms with Gasteiger partial charge in [0.2, 0.25) is 5.78 Å². The number of carbonyl (C=O) groups excluding carboxylic acids is 3. The summed E-state index contributed by atoms with van der Waals surface area (Å²) in [5.74, 6) is -1.17. The number of aliphatic hydroxyl groups is 1. The Morgan fingerprint density at radius 3 is 1.50 bits per heavy atom. The molecule has 0 unspecified atom stereocenters. The number of aliphatic hydroxyl groups excluding tert-OH is 1. The van der Waals surface area contributed by atoms with Gasteiger partial charge in [-0.3, -0.25) is 18.0 Å². The normalized spacial score (nSPS) is 9.76. The number of carbonyl (C=O) groups is 3. The number of pyridine rings is 4. The number of halogens is 9. The zero-order chi connectivity index (χ0) is 44.8. The van der Waals surface area contributed by atoms with Crippen LogP contribution in [0.5, 0.6) is 0 Å². The number of aromatic nitrogens is 7. The number of hydrogen-bond donors (Lipinski definition) is 2. The van der Waals surface area contributed by atoms with Crippen LogP contribution in [-0.2, 0) is 31.0 Å². The molecule has 62 heavy (non-hydrogen) atoms. The fourth-order valence-corrected chi connectivity index (χ4v) is 6.33. The number of alkyl halides is 2. The van der Waals surface area contributed by atoms with E-state index in [4.69, 9.17) is 15.6 Å². The van der Waals surface area contributed by atoms with E-state index in [-0.39, 0.29) is 62.0 Å². The van der Waals surface area contributed by atoms with E-state index >= 15 is 0 Å². The Morgan fingerprint density at radius 2 is 1.13 bits per heavy atom. The van der Waals surface area contributed by atoms with Gasteiger partial charge in [-0.2, -0.15) is 0 Å². The van der Waals surface area contributed by atoms with E-state index in [1.165, 1.54) is 0 Å². The van der Waals surface area contributed by atoms with E-state index in [0.29, 0.717) is 29.5 Å². The number of Topliss-reactive ketones (excluding diaryl/α,β-unsaturated/α-hetero) is 1. The molecule has 0 bridgehead atoms. The fraction of sp³-hybridized carbons (Fsp3) is 0.194. The minimum Gasteiger partial charge on any atom is -1.00 e. The fourth-order valence-electron chi connectivity index (χ4n) is 4.17. The Bertz CT molecular complexity index is 2360. The molecule has 327 valence electrons. The first-order chi connectivity index (χ1) is 28.6. The predicted octanol–water partition coefficient (Wildman–Crippen LogP) is 8.93. The number of ketones is 1. The molecule has 7 aromatic heterocycles. The van der Waals surface area contributed by atoms with E-state index in [0.717, 1.165) is 40.7 Å². The molecule has 0 aromatic carbocycles. The van der Waals surface area contributed by atoms with Gasteiger partial charge in [0.1, 0.15) is 31.4 Å². The molecule has 0 atom stereocenters. The summed E-state index contributed by atoms with van der Waals surface area (Å²) in [5, 5.41) is 9.66. The Kier molecular flexibility index (Phi) is 33.5. The number of hydrogen-bond acceptors (Lipinski definition) is 11. The van der Waals surface area contributed by atoms with Crippen molar-refractivity contribution in [3.05, 3.63) is 127 Å². The van der Waals surface area contributed by atoms with Crippen LogP contribution in [0.4, 0.5) is 5.82 Å². The summed E-state index contributed by atoms with van der Waals surface area (Å²) >= 11 is 29.1. The third-order valence-corrected chi connectivity index (χ3v) is 10.0. The van der Waals surface area contributed by atoms with Gasteiger partial charge >= 0.3 is 41.5 Å². The van der Waals surface area contributed by atoms with Crippen LogP contribution >= 0.6 is 146 Å². The predicted molar refractivity (Wildman–Crippen MR) is 276 cm³/mol. The Hall–Kier alpha value is -0.595. The maximum atomic E-state index is 11.4. The number of esters is 2. The van der Waals surface area contributed by atoms with Crippen molar-refractivity contribution in [3.8, 4) is 0 Å². The average Bonchev–Trinajstić information content (AvgIpc) is 3.97. The van der Waals surface area contributed by atoms with E-state index in [1.807, 2.05) is 81.7 Å². The third-order valence-electron chi connectivity index (χ3n) is 6.57. The number of fused-ring (bicyclic) bond motifs is 3. The number of rotatable bonds is 7. The molecule has 0 aliphatic heterocycles. The van der Waals surface area contributed by atoms with Gasteiger partial charge in [-0.25, -0.2) is 29.5 Å². The van der Waals surface area contributed by atoms with Gasteiger partial charge in [0.05, 0.1) is 50.3 Å². The largest absolute Gasteiger partial charge is 1.00 e. The maximum Gasteiger partial charge on any atom is 1.00 e. The van der Waals surface area contributed by atoms with Crippen molar-refractivity contribution in [2.45, 2.75) is 25.8 Å². The standard InChI is InChI=1S/C10H9BrN2O2.C8H6Br2N2.C8H7BrN2O.C5H5BrN2.C5H7BrO3.B.Br3P.Na.H/c1-2-15-10(14)7-6-13-8(11)4-3-5-9(13)12-7;9-4-6-5-12-7(10)2-1-3-8(12)11-6;9-7-2-1-3-8-10-6(5-12)4-11(7)8;6-4-2-1-3-5(7)8-4;1-2-9-5(8)4(7)3-6;;1-4(2)3;;/h3-6H,2H2,1H3;1-3,5H,4H2;1-4,12H,5H2;1-3H,(H2,7,8);2-3H2,1H3;;;;/q;;;;;;;+1;-1. The van der Waals surface area contributed by atoms with E-state index < -0.39 is 17.7 Å². The molecule has 7 rings (SSSR count). The second kappa shape index (κ2) is 33.8. The van der Waals surface area contributed by atoms with Crippen molar-refractivity contribution in [2.75, 3.05) is 24.3 Å². The third kappa shape index (κ3) is 22.3. The van der Waals surface area contributed by atoms with E-state index in [9.17, 15) is 14.4 Å². The number of ether oxygens (including phenoxy) is 2. The summed E-state index contributed by atoms with van der Waals surface area (Å²) < 4.78 is 18.3. The number of anilines is 1. The maximum absolute atomic E-state index is 11.4. The smallest absolute Gasteiger partial charge is 1.00 e. The molecule has 0 saturated carbocycles. The number of nitrogen functional groups attached to an aromatic ring is 1. The van der Waals surface area contributed by atoms with Crippen LogP contribution in [0.1, 0.15) is 37.2 Å². The Labute approximate surface area is 459 Å². The van der Waals surface area contributed by atoms with Crippen LogP contribution < -0.4 is 35.3 Å². The molecule has 0 spiro atoms. The monoisotopic (exact) mass is 1450 g/mol. The van der Waals surface area contributed by atoms with Crippen LogP contribution in [0.15, 0.2) is 110 Å². The summed E-state index contributed by atoms with van der Waals surface area (Å²) in [7, 11) is 0. The molecule has 14 nitrogen and oxygen atoms in total. The van der Waals surface area contributed by atoms with Crippen LogP contribution in [0.25, 0.3) is 16.9 Å². The number of imidazole rings is 3. The molecule has 0 amide bonds. The second-order valence-electron chi connectivity index (χ2n) is 10.7. The van der Waals surface area contributed by atoms with Crippen LogP contribution in [0.3, 0.4) is 0 Å². The quantitative estimate of drug-likeness (QED) is 0.0389. The number of nitrogens with two attached hydrogens (primary N) is 1. The molecule has 0 aliphatic carbocycles. The summed E-state index contributed by atoms with van der Waals surface area (Å²) in [6, 6.07) is 22.7. The second-order valence-corrected chi connectivity index (χ2v) is 30.4. The zero-order valence-corrected chi connectivity index (χ0v) is 50.0. The first-order valence-electron chi connectivity index (χ1n) is 16.7. The molecule has 3 N–H and O–H groups in total.